The molecule has 0 spiro atoms. The zero-order valence-corrected chi connectivity index (χ0v) is 9.41. The molecule has 0 saturated heterocycles. The first-order chi connectivity index (χ1) is 6.09. The number of hydrogen-bond acceptors (Lipinski definition) is 2. The molecule has 1 aromatic rings. The summed E-state index contributed by atoms with van der Waals surface area (Å²) in [5.41, 5.74) is 6.72. The number of hydrogen-bond donors (Lipinski definition) is 1. The predicted octanol–water partition coefficient (Wildman–Crippen LogP) is 2.37. The lowest BCUT2D eigenvalue weighted by Crippen LogP contribution is -2.32. The van der Waals surface area contributed by atoms with E-state index >= 15 is 0 Å². The van der Waals surface area contributed by atoms with Crippen molar-refractivity contribution >= 4 is 22.6 Å². The second-order valence-corrected chi connectivity index (χ2v) is 4.59. The van der Waals surface area contributed by atoms with E-state index in [1.54, 1.807) is 6.26 Å². The summed E-state index contributed by atoms with van der Waals surface area (Å²) in [6.07, 6.45) is 3.51. The fourth-order valence-electron chi connectivity index (χ4n) is 1.36. The Bertz CT molecular complexity index is 371. The maximum absolute atomic E-state index is 6.09. The average Bonchev–Trinajstić information content (AvgIpc) is 2.06. The third-order valence-electron chi connectivity index (χ3n) is 2.13. The first-order valence-electron chi connectivity index (χ1n) is 4.03. The molecule has 0 radical (unpaired) electrons. The van der Waals surface area contributed by atoms with Crippen LogP contribution in [0.2, 0.25) is 0 Å². The van der Waals surface area contributed by atoms with Crippen molar-refractivity contribution in [2.24, 2.45) is 5.73 Å². The molecular weight excluding hydrogens is 277 g/mol. The van der Waals surface area contributed by atoms with E-state index in [9.17, 15) is 0 Å². The van der Waals surface area contributed by atoms with Crippen molar-refractivity contribution in [2.75, 3.05) is 0 Å². The van der Waals surface area contributed by atoms with Gasteiger partial charge in [0.05, 0.1) is 11.8 Å². The Morgan fingerprint density at radius 3 is 3.00 bits per heavy atom. The van der Waals surface area contributed by atoms with Gasteiger partial charge in [0, 0.05) is 9.13 Å². The first kappa shape index (κ1) is 9.02. The lowest BCUT2D eigenvalue weighted by Gasteiger charge is -2.27. The Hall–Kier alpha value is -0.550. The minimum atomic E-state index is -0.408. The summed E-state index contributed by atoms with van der Waals surface area (Å²) in [6.45, 7) is 1.97. The Morgan fingerprint density at radius 1 is 1.46 bits per heavy atom. The number of halogens is 1. The fraction of sp³-hybridized carbons (Fsp3) is 0.200. The van der Waals surface area contributed by atoms with Gasteiger partial charge in [0.2, 0.25) is 0 Å². The summed E-state index contributed by atoms with van der Waals surface area (Å²) in [5, 5.41) is 0. The summed E-state index contributed by atoms with van der Waals surface area (Å²) in [5.74, 6) is 0.855. The van der Waals surface area contributed by atoms with Crippen LogP contribution in [0.15, 0.2) is 30.5 Å². The van der Waals surface area contributed by atoms with E-state index in [1.807, 2.05) is 25.1 Å². The van der Waals surface area contributed by atoms with E-state index in [0.29, 0.717) is 0 Å². The molecule has 3 heteroatoms. The van der Waals surface area contributed by atoms with Gasteiger partial charge in [0.1, 0.15) is 5.75 Å². The van der Waals surface area contributed by atoms with Crippen molar-refractivity contribution in [1.82, 2.24) is 0 Å². The molecule has 2 rings (SSSR count). The number of rotatable bonds is 0. The maximum Gasteiger partial charge on any atom is 0.131 e. The Balaban J connectivity index is 2.60. The Labute approximate surface area is 90.9 Å². The van der Waals surface area contributed by atoms with Gasteiger partial charge in [-0.25, -0.2) is 0 Å². The summed E-state index contributed by atoms with van der Waals surface area (Å²) < 4.78 is 6.52. The first-order valence-corrected chi connectivity index (χ1v) is 5.11. The van der Waals surface area contributed by atoms with Gasteiger partial charge in [0.25, 0.3) is 0 Å². The van der Waals surface area contributed by atoms with Gasteiger partial charge < -0.3 is 10.5 Å². The zero-order valence-electron chi connectivity index (χ0n) is 7.25. The molecule has 1 aliphatic rings. The number of benzene rings is 1. The highest BCUT2D eigenvalue weighted by molar-refractivity contribution is 14.1. The quantitative estimate of drug-likeness (QED) is 0.743. The Morgan fingerprint density at radius 2 is 2.23 bits per heavy atom. The highest BCUT2D eigenvalue weighted by Gasteiger charge is 2.25. The van der Waals surface area contributed by atoms with Gasteiger partial charge in [-0.3, -0.25) is 0 Å². The van der Waals surface area contributed by atoms with Crippen molar-refractivity contribution in [3.8, 4) is 5.75 Å². The Kier molecular flexibility index (Phi) is 2.08. The normalized spacial score (nSPS) is 25.2. The maximum atomic E-state index is 6.09. The lowest BCUT2D eigenvalue weighted by atomic mass is 9.91. The minimum absolute atomic E-state index is 0.408. The van der Waals surface area contributed by atoms with Gasteiger partial charge in [-0.05, 0) is 53.8 Å². The van der Waals surface area contributed by atoms with Crippen LogP contribution < -0.4 is 10.5 Å². The fourth-order valence-corrected chi connectivity index (χ4v) is 1.86. The van der Waals surface area contributed by atoms with Crippen LogP contribution in [0.1, 0.15) is 12.5 Å². The van der Waals surface area contributed by atoms with Crippen LogP contribution in [0.25, 0.3) is 0 Å². The molecule has 0 fully saturated rings. The summed E-state index contributed by atoms with van der Waals surface area (Å²) in [4.78, 5) is 0. The summed E-state index contributed by atoms with van der Waals surface area (Å²) >= 11 is 2.27. The predicted molar refractivity (Wildman–Crippen MR) is 60.5 cm³/mol. The second-order valence-electron chi connectivity index (χ2n) is 3.34. The van der Waals surface area contributed by atoms with Crippen molar-refractivity contribution < 1.29 is 4.74 Å². The molecule has 2 nitrogen and oxygen atoms in total. The average molecular weight is 287 g/mol. The highest BCUT2D eigenvalue weighted by atomic mass is 127. The number of ether oxygens (including phenoxy) is 1. The second kappa shape index (κ2) is 2.99. The molecule has 1 unspecified atom stereocenters. The monoisotopic (exact) mass is 287 g/mol. The smallest absolute Gasteiger partial charge is 0.131 e. The topological polar surface area (TPSA) is 35.2 Å². The molecule has 0 aromatic heterocycles. The molecule has 0 amide bonds. The molecule has 1 aromatic carbocycles. The number of fused-ring (bicyclic) bond motifs is 1. The molecule has 1 aliphatic heterocycles. The standard InChI is InChI=1S/C10H10INO/c1-10(12)4-5-13-9-3-2-7(11)6-8(9)10/h2-6H,12H2,1H3. The molecular formula is C10H10INO. The molecule has 1 atom stereocenters. The van der Waals surface area contributed by atoms with Gasteiger partial charge in [0.15, 0.2) is 0 Å². The van der Waals surface area contributed by atoms with Crippen LogP contribution in [0.5, 0.6) is 5.75 Å². The van der Waals surface area contributed by atoms with Crippen LogP contribution in [-0.4, -0.2) is 0 Å². The van der Waals surface area contributed by atoms with Crippen LogP contribution in [-0.2, 0) is 5.54 Å². The number of nitrogens with two attached hydrogens (primary N) is 1. The van der Waals surface area contributed by atoms with E-state index in [-0.39, 0.29) is 0 Å². The minimum Gasteiger partial charge on any atom is -0.465 e. The highest BCUT2D eigenvalue weighted by Crippen LogP contribution is 2.33. The van der Waals surface area contributed by atoms with Crippen molar-refractivity contribution in [1.29, 1.82) is 0 Å². The third kappa shape index (κ3) is 1.58. The van der Waals surface area contributed by atoms with E-state index in [2.05, 4.69) is 28.7 Å². The van der Waals surface area contributed by atoms with Crippen molar-refractivity contribution in [3.63, 3.8) is 0 Å². The third-order valence-corrected chi connectivity index (χ3v) is 2.80. The molecule has 68 valence electrons. The SMILES string of the molecule is CC1(N)C=COc2ccc(I)cc21. The largest absolute Gasteiger partial charge is 0.465 e. The van der Waals surface area contributed by atoms with Crippen LogP contribution >= 0.6 is 22.6 Å². The molecule has 1 heterocycles. The molecule has 0 aliphatic carbocycles. The van der Waals surface area contributed by atoms with Gasteiger partial charge in [-0.1, -0.05) is 0 Å². The summed E-state index contributed by atoms with van der Waals surface area (Å²) in [6, 6.07) is 6.01. The van der Waals surface area contributed by atoms with Crippen LogP contribution in [0, 0.1) is 3.57 Å². The molecule has 0 bridgehead atoms. The zero-order chi connectivity index (χ0) is 9.47. The molecule has 13 heavy (non-hydrogen) atoms. The lowest BCUT2D eigenvalue weighted by molar-refractivity contribution is 0.424. The van der Waals surface area contributed by atoms with E-state index in [0.717, 1.165) is 11.3 Å². The van der Waals surface area contributed by atoms with E-state index in [4.69, 9.17) is 10.5 Å². The van der Waals surface area contributed by atoms with Crippen LogP contribution in [0.4, 0.5) is 0 Å². The molecule has 2 N–H and O–H groups in total. The van der Waals surface area contributed by atoms with Gasteiger partial charge in [-0.15, -0.1) is 0 Å². The van der Waals surface area contributed by atoms with Gasteiger partial charge >= 0.3 is 0 Å². The molecule has 0 saturated carbocycles. The van der Waals surface area contributed by atoms with Gasteiger partial charge in [-0.2, -0.15) is 0 Å². The van der Waals surface area contributed by atoms with E-state index in [1.165, 1.54) is 3.57 Å². The van der Waals surface area contributed by atoms with Crippen molar-refractivity contribution in [2.45, 2.75) is 12.5 Å². The van der Waals surface area contributed by atoms with Crippen LogP contribution in [0.3, 0.4) is 0 Å². The summed E-state index contributed by atoms with van der Waals surface area (Å²) in [7, 11) is 0. The van der Waals surface area contributed by atoms with Crippen molar-refractivity contribution in [3.05, 3.63) is 39.7 Å². The van der Waals surface area contributed by atoms with E-state index < -0.39 is 5.54 Å².